The smallest absolute Gasteiger partial charge is 0.196 e. The molecule has 4 aromatic rings. The topological polar surface area (TPSA) is 52.8 Å². The molecule has 0 unspecified atom stereocenters. The van der Waals surface area contributed by atoms with Crippen LogP contribution < -0.4 is 4.74 Å². The van der Waals surface area contributed by atoms with Gasteiger partial charge in [0.05, 0.1) is 11.4 Å². The number of rotatable bonds is 7. The molecule has 0 saturated carbocycles. The van der Waals surface area contributed by atoms with Crippen LogP contribution in [0.2, 0.25) is 5.02 Å². The molecule has 0 saturated heterocycles. The van der Waals surface area contributed by atoms with E-state index < -0.39 is 0 Å². The molecule has 0 bridgehead atoms. The van der Waals surface area contributed by atoms with Gasteiger partial charge in [-0.15, -0.1) is 21.5 Å². The normalized spacial score (nSPS) is 11.0. The van der Waals surface area contributed by atoms with Gasteiger partial charge in [-0.2, -0.15) is 0 Å². The molecule has 8 heteroatoms. The first-order valence-electron chi connectivity index (χ1n) is 9.00. The van der Waals surface area contributed by atoms with E-state index in [1.807, 2.05) is 28.8 Å². The van der Waals surface area contributed by atoms with Crippen LogP contribution in [0.1, 0.15) is 21.8 Å². The highest BCUT2D eigenvalue weighted by Gasteiger charge is 2.11. The lowest BCUT2D eigenvalue weighted by Crippen LogP contribution is -1.99. The van der Waals surface area contributed by atoms with E-state index in [1.165, 1.54) is 11.1 Å². The number of ether oxygens (including phenoxy) is 1. The number of nitrogens with zero attached hydrogens (tertiary/aromatic N) is 4. The number of hydrogen-bond acceptors (Lipinski definition) is 6. The van der Waals surface area contributed by atoms with Crippen LogP contribution in [0.15, 0.2) is 59.3 Å². The summed E-state index contributed by atoms with van der Waals surface area (Å²) < 4.78 is 7.79. The van der Waals surface area contributed by atoms with Crippen molar-refractivity contribution in [2.45, 2.75) is 31.4 Å². The molecule has 2 aromatic carbocycles. The molecule has 0 radical (unpaired) electrons. The quantitative estimate of drug-likeness (QED) is 0.335. The van der Waals surface area contributed by atoms with Gasteiger partial charge in [-0.3, -0.25) is 4.57 Å². The third-order valence-electron chi connectivity index (χ3n) is 4.25. The molecule has 5 nitrogen and oxygen atoms in total. The zero-order valence-corrected chi connectivity index (χ0v) is 18.4. The molecule has 4 rings (SSSR count). The molecule has 0 fully saturated rings. The first-order valence-corrected chi connectivity index (χ1v) is 11.2. The van der Waals surface area contributed by atoms with Crippen molar-refractivity contribution in [2.75, 3.05) is 0 Å². The summed E-state index contributed by atoms with van der Waals surface area (Å²) in [6.45, 7) is 4.63. The minimum absolute atomic E-state index is 0.440. The lowest BCUT2D eigenvalue weighted by molar-refractivity contribution is 0.305. The van der Waals surface area contributed by atoms with Crippen molar-refractivity contribution >= 4 is 34.7 Å². The maximum atomic E-state index is 5.90. The Balaban J connectivity index is 1.38. The van der Waals surface area contributed by atoms with Gasteiger partial charge in [0.15, 0.2) is 5.16 Å². The Morgan fingerprint density at radius 2 is 1.97 bits per heavy atom. The second-order valence-electron chi connectivity index (χ2n) is 6.54. The van der Waals surface area contributed by atoms with E-state index in [4.69, 9.17) is 16.3 Å². The maximum absolute atomic E-state index is 5.90. The first-order chi connectivity index (χ1) is 14.1. The Kier molecular flexibility index (Phi) is 6.18. The molecule has 0 aliphatic rings. The molecular formula is C21H19ClN4OS2. The number of aryl methyl sites for hydroxylation is 2. The minimum atomic E-state index is 0.440. The lowest BCUT2D eigenvalue weighted by Gasteiger charge is -2.09. The average molecular weight is 443 g/mol. The Morgan fingerprint density at radius 3 is 2.76 bits per heavy atom. The summed E-state index contributed by atoms with van der Waals surface area (Å²) in [5.41, 5.74) is 4.54. The molecule has 2 aromatic heterocycles. The number of thiazole rings is 1. The van der Waals surface area contributed by atoms with Crippen LogP contribution in [-0.4, -0.2) is 19.7 Å². The van der Waals surface area contributed by atoms with E-state index in [1.54, 1.807) is 29.4 Å². The van der Waals surface area contributed by atoms with Gasteiger partial charge < -0.3 is 4.74 Å². The highest BCUT2D eigenvalue weighted by Crippen LogP contribution is 2.26. The summed E-state index contributed by atoms with van der Waals surface area (Å²) in [5.74, 6) is 1.50. The van der Waals surface area contributed by atoms with Gasteiger partial charge >= 0.3 is 0 Å². The Hall–Kier alpha value is -2.35. The number of thioether (sulfide) groups is 1. The van der Waals surface area contributed by atoms with Gasteiger partial charge in [0.25, 0.3) is 0 Å². The standard InChI is InChI=1S/C21H19ClN4OS2/c1-14-3-8-19(15(2)9-14)26-13-23-25-21(26)29-12-17-11-28-20(24-17)10-27-18-6-4-16(22)5-7-18/h3-9,11,13H,10,12H2,1-2H3. The van der Waals surface area contributed by atoms with Crippen molar-refractivity contribution in [2.24, 2.45) is 0 Å². The molecule has 0 spiro atoms. The van der Waals surface area contributed by atoms with Gasteiger partial charge in [-0.05, 0) is 49.7 Å². The number of benzene rings is 2. The highest BCUT2D eigenvalue weighted by molar-refractivity contribution is 7.98. The van der Waals surface area contributed by atoms with E-state index in [0.717, 1.165) is 33.0 Å². The van der Waals surface area contributed by atoms with Crippen molar-refractivity contribution in [3.63, 3.8) is 0 Å². The molecule has 148 valence electrons. The fourth-order valence-electron chi connectivity index (χ4n) is 2.86. The summed E-state index contributed by atoms with van der Waals surface area (Å²) >= 11 is 9.11. The summed E-state index contributed by atoms with van der Waals surface area (Å²) in [6.07, 6.45) is 1.76. The summed E-state index contributed by atoms with van der Waals surface area (Å²) in [5, 5.41) is 12.9. The van der Waals surface area contributed by atoms with Crippen molar-refractivity contribution in [3.05, 3.63) is 81.0 Å². The molecule has 0 aliphatic heterocycles. The van der Waals surface area contributed by atoms with Gasteiger partial charge in [0.2, 0.25) is 0 Å². The fraction of sp³-hybridized carbons (Fsp3) is 0.190. The molecular weight excluding hydrogens is 424 g/mol. The average Bonchev–Trinajstić information content (AvgIpc) is 3.35. The number of halogens is 1. The Bertz CT molecular complexity index is 1110. The molecule has 0 N–H and O–H groups in total. The van der Waals surface area contributed by atoms with E-state index in [0.29, 0.717) is 11.6 Å². The van der Waals surface area contributed by atoms with E-state index in [-0.39, 0.29) is 0 Å². The summed E-state index contributed by atoms with van der Waals surface area (Å²) in [7, 11) is 0. The number of hydrogen-bond donors (Lipinski definition) is 0. The second-order valence-corrected chi connectivity index (χ2v) is 8.86. The monoisotopic (exact) mass is 442 g/mol. The van der Waals surface area contributed by atoms with E-state index in [9.17, 15) is 0 Å². The van der Waals surface area contributed by atoms with Gasteiger partial charge in [-0.25, -0.2) is 4.98 Å². The largest absolute Gasteiger partial charge is 0.486 e. The number of aromatic nitrogens is 4. The van der Waals surface area contributed by atoms with Crippen molar-refractivity contribution in [1.82, 2.24) is 19.7 Å². The van der Waals surface area contributed by atoms with Crippen molar-refractivity contribution < 1.29 is 4.74 Å². The van der Waals surface area contributed by atoms with Crippen LogP contribution in [0, 0.1) is 13.8 Å². The van der Waals surface area contributed by atoms with Crippen LogP contribution in [0.5, 0.6) is 5.75 Å². The zero-order valence-electron chi connectivity index (χ0n) is 16.0. The van der Waals surface area contributed by atoms with Crippen LogP contribution >= 0.6 is 34.7 Å². The van der Waals surface area contributed by atoms with Gasteiger partial charge in [0, 0.05) is 16.2 Å². The van der Waals surface area contributed by atoms with Gasteiger partial charge in [0.1, 0.15) is 23.7 Å². The predicted molar refractivity (Wildman–Crippen MR) is 118 cm³/mol. The minimum Gasteiger partial charge on any atom is -0.486 e. The predicted octanol–water partition coefficient (Wildman–Crippen LogP) is 5.87. The van der Waals surface area contributed by atoms with Crippen LogP contribution in [0.25, 0.3) is 5.69 Å². The Labute approximate surface area is 182 Å². The van der Waals surface area contributed by atoms with Crippen molar-refractivity contribution in [3.8, 4) is 11.4 Å². The lowest BCUT2D eigenvalue weighted by atomic mass is 10.1. The third-order valence-corrected chi connectivity index (χ3v) is 6.35. The summed E-state index contributed by atoms with van der Waals surface area (Å²) in [4.78, 5) is 4.66. The Morgan fingerprint density at radius 1 is 1.14 bits per heavy atom. The van der Waals surface area contributed by atoms with Gasteiger partial charge in [-0.1, -0.05) is 41.1 Å². The molecule has 0 amide bonds. The van der Waals surface area contributed by atoms with E-state index in [2.05, 4.69) is 52.6 Å². The van der Waals surface area contributed by atoms with Crippen LogP contribution in [-0.2, 0) is 12.4 Å². The summed E-state index contributed by atoms with van der Waals surface area (Å²) in [6, 6.07) is 13.7. The van der Waals surface area contributed by atoms with Crippen LogP contribution in [0.3, 0.4) is 0 Å². The SMILES string of the molecule is Cc1ccc(-n2cnnc2SCc2csc(COc3ccc(Cl)cc3)n2)c(C)c1. The molecule has 0 atom stereocenters. The van der Waals surface area contributed by atoms with E-state index >= 15 is 0 Å². The van der Waals surface area contributed by atoms with Crippen LogP contribution in [0.4, 0.5) is 0 Å². The highest BCUT2D eigenvalue weighted by atomic mass is 35.5. The van der Waals surface area contributed by atoms with Crippen molar-refractivity contribution in [1.29, 1.82) is 0 Å². The fourth-order valence-corrected chi connectivity index (χ4v) is 4.61. The molecule has 0 aliphatic carbocycles. The maximum Gasteiger partial charge on any atom is 0.196 e. The first kappa shape index (κ1) is 19.9. The molecule has 2 heterocycles. The zero-order chi connectivity index (χ0) is 20.2. The second kappa shape index (κ2) is 8.98. The molecule has 29 heavy (non-hydrogen) atoms. The third kappa shape index (κ3) is 4.98.